The molecule has 49 heavy (non-hydrogen) atoms. The minimum atomic E-state index is -4.98. The van der Waals surface area contributed by atoms with Crippen LogP contribution in [0.15, 0.2) is 18.0 Å². The molecule has 2 aromatic rings. The molecule has 5 aliphatic rings. The van der Waals surface area contributed by atoms with Crippen molar-refractivity contribution in [1.29, 1.82) is 0 Å². The van der Waals surface area contributed by atoms with Crippen LogP contribution >= 0.6 is 0 Å². The zero-order valence-corrected chi connectivity index (χ0v) is 26.6. The van der Waals surface area contributed by atoms with Crippen molar-refractivity contribution >= 4 is 23.4 Å². The van der Waals surface area contributed by atoms with Gasteiger partial charge in [-0.3, -0.25) is 15.0 Å². The molecular formula is C33H34F5N7O4. The Balaban J connectivity index is 1.28. The van der Waals surface area contributed by atoms with Crippen molar-refractivity contribution in [2.45, 2.75) is 75.4 Å². The number of rotatable bonds is 5. The number of benzene rings is 1. The normalized spacial score (nSPS) is 27.5. The maximum absolute atomic E-state index is 15.6. The number of carbonyl (C=O) groups is 2. The topological polar surface area (TPSA) is 135 Å². The summed E-state index contributed by atoms with van der Waals surface area (Å²) in [6.07, 6.45) is -3.05. The summed E-state index contributed by atoms with van der Waals surface area (Å²) in [5.74, 6) is 3.42. The lowest BCUT2D eigenvalue weighted by Gasteiger charge is -2.40. The number of anilines is 2. The highest BCUT2D eigenvalue weighted by Gasteiger charge is 2.50. The number of imide groups is 1. The number of nitrogens with two attached hydrogens (primary N) is 1. The second-order valence-electron chi connectivity index (χ2n) is 13.2. The standard InChI is InChI=1S/C33H34F5N7O4/c1-2-5-19-10-21(39)26(35)24(25(19)33(36,37)38)23-11-22-20(15-48-23)27(44-8-4-7-32(16-44)28(46)42-29(47)43-32)41-30(40-22)49-17-31-6-3-9-45(31)14-18(12-31)13-34/h10,13,23H,3-4,6-9,11-12,14-17,39H2,1H3,(H2,42,43,46,47)/b18-13+/t23-,31+,32+/m1/s1. The molecule has 1 aromatic heterocycles. The summed E-state index contributed by atoms with van der Waals surface area (Å²) in [6, 6.07) is 0.181. The predicted octanol–water partition coefficient (Wildman–Crippen LogP) is 4.05. The maximum Gasteiger partial charge on any atom is 0.418 e. The van der Waals surface area contributed by atoms with Crippen LogP contribution in [0.2, 0.25) is 0 Å². The van der Waals surface area contributed by atoms with Crippen LogP contribution in [0, 0.1) is 17.7 Å². The Morgan fingerprint density at radius 3 is 2.73 bits per heavy atom. The largest absolute Gasteiger partial charge is 0.461 e. The van der Waals surface area contributed by atoms with Crippen molar-refractivity contribution in [3.05, 3.63) is 51.7 Å². The van der Waals surface area contributed by atoms with Crippen LogP contribution in [0.4, 0.5) is 38.3 Å². The summed E-state index contributed by atoms with van der Waals surface area (Å²) in [6.45, 7) is 2.95. The smallest absolute Gasteiger partial charge is 0.418 e. The van der Waals surface area contributed by atoms with E-state index in [1.54, 1.807) is 4.90 Å². The molecule has 4 N–H and O–H groups in total. The van der Waals surface area contributed by atoms with Crippen LogP contribution < -0.4 is 26.0 Å². The van der Waals surface area contributed by atoms with Gasteiger partial charge in [0.15, 0.2) is 5.82 Å². The predicted molar refractivity (Wildman–Crippen MR) is 165 cm³/mol. The van der Waals surface area contributed by atoms with Crippen molar-refractivity contribution in [3.63, 3.8) is 0 Å². The first-order valence-corrected chi connectivity index (χ1v) is 16.0. The fourth-order valence-corrected chi connectivity index (χ4v) is 7.99. The average Bonchev–Trinajstić information content (AvgIpc) is 3.69. The molecule has 4 saturated heterocycles. The fourth-order valence-electron chi connectivity index (χ4n) is 7.99. The first-order valence-electron chi connectivity index (χ1n) is 16.0. The second kappa shape index (κ2) is 12.1. The highest BCUT2D eigenvalue weighted by molar-refractivity contribution is 6.07. The lowest BCUT2D eigenvalue weighted by molar-refractivity contribution is -0.140. The summed E-state index contributed by atoms with van der Waals surface area (Å²) in [7, 11) is 0. The number of piperidine rings is 1. The highest BCUT2D eigenvalue weighted by atomic mass is 19.4. The minimum Gasteiger partial charge on any atom is -0.461 e. The van der Waals surface area contributed by atoms with Crippen molar-refractivity contribution in [2.75, 3.05) is 43.4 Å². The van der Waals surface area contributed by atoms with E-state index in [-0.39, 0.29) is 37.9 Å². The molecule has 1 aromatic carbocycles. The van der Waals surface area contributed by atoms with Gasteiger partial charge in [-0.25, -0.2) is 13.6 Å². The summed E-state index contributed by atoms with van der Waals surface area (Å²) in [5.41, 5.74) is 2.51. The quantitative estimate of drug-likeness (QED) is 0.184. The van der Waals surface area contributed by atoms with Crippen molar-refractivity contribution < 1.29 is 41.0 Å². The van der Waals surface area contributed by atoms with Gasteiger partial charge in [-0.1, -0.05) is 5.92 Å². The molecule has 0 radical (unpaired) electrons. The zero-order chi connectivity index (χ0) is 34.7. The number of halogens is 5. The van der Waals surface area contributed by atoms with Crippen LogP contribution in [-0.4, -0.2) is 70.7 Å². The number of nitrogens with one attached hydrogen (secondary N) is 2. The molecule has 0 bridgehead atoms. The van der Waals surface area contributed by atoms with E-state index in [0.717, 1.165) is 25.5 Å². The third-order valence-corrected chi connectivity index (χ3v) is 10.2. The van der Waals surface area contributed by atoms with Gasteiger partial charge < -0.3 is 25.4 Å². The Hall–Kier alpha value is -4.49. The van der Waals surface area contributed by atoms with Gasteiger partial charge in [0, 0.05) is 36.2 Å². The van der Waals surface area contributed by atoms with Crippen LogP contribution in [-0.2, 0) is 28.7 Å². The number of urea groups is 1. The molecule has 7 rings (SSSR count). The molecular weight excluding hydrogens is 653 g/mol. The number of alkyl halides is 3. The van der Waals surface area contributed by atoms with E-state index in [4.69, 9.17) is 20.2 Å². The van der Waals surface area contributed by atoms with Crippen LogP contribution in [0.25, 0.3) is 0 Å². The van der Waals surface area contributed by atoms with Crippen molar-refractivity contribution in [1.82, 2.24) is 25.5 Å². The van der Waals surface area contributed by atoms with Gasteiger partial charge in [-0.15, -0.1) is 5.92 Å². The molecule has 4 fully saturated rings. The molecule has 11 nitrogen and oxygen atoms in total. The molecule has 0 unspecified atom stereocenters. The molecule has 1 spiro atoms. The third-order valence-electron chi connectivity index (χ3n) is 10.2. The molecule has 6 heterocycles. The second-order valence-corrected chi connectivity index (χ2v) is 13.2. The number of ether oxygens (including phenoxy) is 2. The van der Waals surface area contributed by atoms with E-state index in [2.05, 4.69) is 32.4 Å². The molecule has 5 aliphatic heterocycles. The summed E-state index contributed by atoms with van der Waals surface area (Å²) < 4.78 is 84.8. The molecule has 3 atom stereocenters. The van der Waals surface area contributed by atoms with E-state index < -0.39 is 63.5 Å². The average molecular weight is 688 g/mol. The van der Waals surface area contributed by atoms with Gasteiger partial charge in [-0.2, -0.15) is 23.1 Å². The van der Waals surface area contributed by atoms with Crippen LogP contribution in [0.5, 0.6) is 6.01 Å². The number of aromatic nitrogens is 2. The summed E-state index contributed by atoms with van der Waals surface area (Å²) in [5, 5.41) is 5.01. The maximum atomic E-state index is 15.6. The Morgan fingerprint density at radius 1 is 1.22 bits per heavy atom. The van der Waals surface area contributed by atoms with Crippen molar-refractivity contribution in [3.8, 4) is 17.9 Å². The van der Waals surface area contributed by atoms with E-state index in [0.29, 0.717) is 55.6 Å². The first-order chi connectivity index (χ1) is 23.4. The summed E-state index contributed by atoms with van der Waals surface area (Å²) in [4.78, 5) is 38.2. The van der Waals surface area contributed by atoms with E-state index in [9.17, 15) is 27.2 Å². The molecule has 16 heteroatoms. The highest BCUT2D eigenvalue weighted by Crippen LogP contribution is 2.46. The van der Waals surface area contributed by atoms with Gasteiger partial charge in [0.1, 0.15) is 18.0 Å². The molecule has 0 saturated carbocycles. The fraction of sp³-hybridized carbons (Fsp3) is 0.515. The number of amides is 3. The van der Waals surface area contributed by atoms with Crippen LogP contribution in [0.1, 0.15) is 73.1 Å². The van der Waals surface area contributed by atoms with E-state index >= 15 is 4.39 Å². The third kappa shape index (κ3) is 5.72. The van der Waals surface area contributed by atoms with E-state index in [1.807, 2.05) is 0 Å². The van der Waals surface area contributed by atoms with Gasteiger partial charge in [0.2, 0.25) is 0 Å². The Labute approximate surface area is 278 Å². The van der Waals surface area contributed by atoms with Crippen molar-refractivity contribution in [2.24, 2.45) is 0 Å². The molecule has 3 amide bonds. The van der Waals surface area contributed by atoms with Gasteiger partial charge >= 0.3 is 18.2 Å². The monoisotopic (exact) mass is 687 g/mol. The number of fused-ring (bicyclic) bond motifs is 2. The first kappa shape index (κ1) is 33.0. The van der Waals surface area contributed by atoms with Crippen LogP contribution in [0.3, 0.4) is 0 Å². The number of nitrogen functional groups attached to an aromatic ring is 1. The Bertz CT molecular complexity index is 1820. The van der Waals surface area contributed by atoms with Gasteiger partial charge in [0.25, 0.3) is 5.91 Å². The number of hydrogen-bond acceptors (Lipinski definition) is 9. The number of nitrogens with zero attached hydrogens (tertiary/aromatic N) is 4. The lowest BCUT2D eigenvalue weighted by Crippen LogP contribution is -2.59. The van der Waals surface area contributed by atoms with Gasteiger partial charge in [0.05, 0.1) is 48.1 Å². The van der Waals surface area contributed by atoms with E-state index in [1.165, 1.54) is 6.92 Å². The minimum absolute atomic E-state index is 0.0559. The zero-order valence-electron chi connectivity index (χ0n) is 26.6. The molecule has 0 aliphatic carbocycles. The molecule has 260 valence electrons. The summed E-state index contributed by atoms with van der Waals surface area (Å²) >= 11 is 0. The van der Waals surface area contributed by atoms with Gasteiger partial charge in [-0.05, 0) is 57.2 Å². The Kier molecular flexibility index (Phi) is 8.18. The SMILES string of the molecule is CC#Cc1cc(N)c(F)c([C@H]2Cc3nc(OC[C@@]45CCCN4C/C(=C/F)C5)nc(N4CCC[C@@]5(C4)NC(=O)NC5=O)c3CO2)c1C(F)(F)F. The number of carbonyl (C=O) groups excluding carboxylic acids is 2. The number of hydrogen-bond donors (Lipinski definition) is 3. The lowest BCUT2D eigenvalue weighted by atomic mass is 9.88. The Morgan fingerprint density at radius 2 is 2.02 bits per heavy atom.